The minimum atomic E-state index is -0.904. The van der Waals surface area contributed by atoms with E-state index in [1.807, 2.05) is 0 Å². The molecule has 0 amide bonds. The SMILES string of the molecule is O=C1C2=C(SC3C(=O)c4sc5c(=O)c6ccccc6c(=O)c=5sc4C(=O)C3S2)C(=O)c2ccccc21. The van der Waals surface area contributed by atoms with Gasteiger partial charge >= 0.3 is 0 Å². The molecule has 36 heavy (non-hydrogen) atoms. The van der Waals surface area contributed by atoms with Crippen molar-refractivity contribution in [1.29, 1.82) is 0 Å². The van der Waals surface area contributed by atoms with Crippen LogP contribution in [0.3, 0.4) is 0 Å². The largest absolute Gasteiger partial charge is 0.292 e. The average Bonchev–Trinajstić information content (AvgIpc) is 2.92. The third kappa shape index (κ3) is 2.81. The van der Waals surface area contributed by atoms with Gasteiger partial charge in [-0.1, -0.05) is 48.5 Å². The predicted molar refractivity (Wildman–Crippen MR) is 141 cm³/mol. The summed E-state index contributed by atoms with van der Waals surface area (Å²) in [4.78, 5) is 80.6. The molecule has 0 spiro atoms. The smallest absolute Gasteiger partial charge is 0.205 e. The normalized spacial score (nSPS) is 20.9. The quantitative estimate of drug-likeness (QED) is 0.322. The van der Waals surface area contributed by atoms with Crippen LogP contribution >= 0.6 is 46.2 Å². The van der Waals surface area contributed by atoms with Crippen LogP contribution in [0.1, 0.15) is 40.1 Å². The molecule has 0 bridgehead atoms. The minimum absolute atomic E-state index is 0.123. The van der Waals surface area contributed by atoms with Crippen molar-refractivity contribution in [3.63, 3.8) is 0 Å². The molecule has 5 aliphatic rings. The number of fused-ring (bicyclic) bond motifs is 4. The molecular formula is C26H10O6S4. The van der Waals surface area contributed by atoms with Crippen molar-refractivity contribution < 1.29 is 19.2 Å². The Hall–Kier alpha value is -3.18. The van der Waals surface area contributed by atoms with E-state index < -0.39 is 10.5 Å². The van der Waals surface area contributed by atoms with Crippen molar-refractivity contribution in [3.05, 3.63) is 109 Å². The highest BCUT2D eigenvalue weighted by Crippen LogP contribution is 2.52. The number of allylic oxidation sites excluding steroid dienone is 2. The molecule has 3 aliphatic carbocycles. The Bertz CT molecular complexity index is 1840. The number of ketones is 4. The van der Waals surface area contributed by atoms with Gasteiger partial charge in [0.25, 0.3) is 0 Å². The lowest BCUT2D eigenvalue weighted by atomic mass is 9.94. The minimum Gasteiger partial charge on any atom is -0.292 e. The van der Waals surface area contributed by atoms with E-state index in [1.54, 1.807) is 48.5 Å². The monoisotopic (exact) mass is 546 g/mol. The van der Waals surface area contributed by atoms with Crippen LogP contribution in [-0.2, 0) is 0 Å². The molecule has 0 radical (unpaired) electrons. The predicted octanol–water partition coefficient (Wildman–Crippen LogP) is 4.29. The van der Waals surface area contributed by atoms with Crippen molar-refractivity contribution in [2.45, 2.75) is 10.5 Å². The highest BCUT2D eigenvalue weighted by atomic mass is 32.2. The van der Waals surface area contributed by atoms with Crippen LogP contribution in [0.15, 0.2) is 67.9 Å². The van der Waals surface area contributed by atoms with Crippen LogP contribution in [0.5, 0.6) is 0 Å². The zero-order chi connectivity index (χ0) is 24.9. The maximum atomic E-state index is 13.6. The van der Waals surface area contributed by atoms with E-state index in [-0.39, 0.29) is 84.5 Å². The molecule has 2 aromatic carbocycles. The van der Waals surface area contributed by atoms with E-state index >= 15 is 0 Å². The maximum Gasteiger partial charge on any atom is 0.205 e. The van der Waals surface area contributed by atoms with Crippen molar-refractivity contribution in [2.75, 3.05) is 0 Å². The molecular weight excluding hydrogens is 537 g/mol. The van der Waals surface area contributed by atoms with Crippen LogP contribution in [0.2, 0.25) is 0 Å². The lowest BCUT2D eigenvalue weighted by molar-refractivity contribution is 0.0908. The molecule has 7 rings (SSSR count). The van der Waals surface area contributed by atoms with Crippen LogP contribution < -0.4 is 10.9 Å². The second-order valence-corrected chi connectivity index (χ2v) is 12.7. The summed E-state index contributed by atoms with van der Waals surface area (Å²) < 4.78 is 0.293. The molecule has 0 saturated carbocycles. The van der Waals surface area contributed by atoms with E-state index in [2.05, 4.69) is 0 Å². The first kappa shape index (κ1) is 22.1. The molecule has 2 heterocycles. The maximum absolute atomic E-state index is 13.6. The van der Waals surface area contributed by atoms with Crippen molar-refractivity contribution in [2.24, 2.45) is 0 Å². The molecule has 0 N–H and O–H groups in total. The number of carbonyl (C=O) groups is 4. The Labute approximate surface area is 217 Å². The van der Waals surface area contributed by atoms with Gasteiger partial charge in [-0.05, 0) is 0 Å². The van der Waals surface area contributed by atoms with E-state index in [0.29, 0.717) is 0 Å². The first-order valence-electron chi connectivity index (χ1n) is 10.7. The fourth-order valence-corrected chi connectivity index (χ4v) is 10.3. The van der Waals surface area contributed by atoms with Crippen LogP contribution in [0.25, 0.3) is 10.8 Å². The zero-order valence-corrected chi connectivity index (χ0v) is 21.1. The summed E-state index contributed by atoms with van der Waals surface area (Å²) in [5.74, 6) is -1.42. The van der Waals surface area contributed by atoms with Gasteiger partial charge in [-0.25, -0.2) is 0 Å². The fraction of sp³-hybridized carbons (Fsp3) is 0.0769. The number of hydrogen-bond acceptors (Lipinski definition) is 10. The highest BCUT2D eigenvalue weighted by molar-refractivity contribution is 8.13. The second kappa shape index (κ2) is 7.66. The lowest BCUT2D eigenvalue weighted by Gasteiger charge is -2.35. The third-order valence-electron chi connectivity index (χ3n) is 6.41. The average molecular weight is 547 g/mol. The molecule has 6 nitrogen and oxygen atoms in total. The van der Waals surface area contributed by atoms with Crippen LogP contribution in [-0.4, -0.2) is 33.6 Å². The number of carbonyl (C=O) groups excluding carboxylic acids is 4. The Balaban J connectivity index is 1.42. The molecule has 2 aliphatic heterocycles. The number of rotatable bonds is 0. The van der Waals surface area contributed by atoms with Crippen LogP contribution in [0, 0.1) is 9.06 Å². The number of thioether (sulfide) groups is 2. The summed E-state index contributed by atoms with van der Waals surface area (Å²) in [5.41, 5.74) is -0.145. The number of benzene rings is 2. The van der Waals surface area contributed by atoms with Crippen molar-refractivity contribution in [3.8, 4) is 0 Å². The van der Waals surface area contributed by atoms with Crippen molar-refractivity contribution in [1.82, 2.24) is 0 Å². The Morgan fingerprint density at radius 1 is 0.528 bits per heavy atom. The Morgan fingerprint density at radius 3 is 1.33 bits per heavy atom. The molecule has 0 aromatic heterocycles. The van der Waals surface area contributed by atoms with Gasteiger partial charge in [-0.15, -0.1) is 46.2 Å². The van der Waals surface area contributed by atoms with E-state index in [9.17, 15) is 28.8 Å². The van der Waals surface area contributed by atoms with E-state index in [4.69, 9.17) is 0 Å². The van der Waals surface area contributed by atoms with Gasteiger partial charge in [0, 0.05) is 21.9 Å². The molecule has 2 atom stereocenters. The first-order valence-corrected chi connectivity index (χ1v) is 14.1. The molecule has 0 fully saturated rings. The number of Topliss-reactive ketones (excluding diaryl/α,β-unsaturated/α-hetero) is 4. The summed E-state index contributed by atoms with van der Waals surface area (Å²) in [6, 6.07) is 13.0. The van der Waals surface area contributed by atoms with Crippen molar-refractivity contribution >= 4 is 80.1 Å². The van der Waals surface area contributed by atoms with Gasteiger partial charge in [0.15, 0.2) is 11.6 Å². The first-order chi connectivity index (χ1) is 17.4. The summed E-state index contributed by atoms with van der Waals surface area (Å²) in [6.07, 6.45) is 0. The standard InChI is InChI=1S/C26H10O6S4/c27-13-9-5-1-2-6-10(9)14(28)20-19(13)33-23-17(31)25-26(18(32)24(23)34-20)36-22-16(30)12-8-4-3-7-11(12)15(29)21(22)35-25/h1-8,23-24H. The Morgan fingerprint density at radius 2 is 0.917 bits per heavy atom. The zero-order valence-electron chi connectivity index (χ0n) is 17.9. The van der Waals surface area contributed by atoms with Gasteiger partial charge < -0.3 is 0 Å². The fourth-order valence-electron chi connectivity index (χ4n) is 4.70. The lowest BCUT2D eigenvalue weighted by Crippen LogP contribution is -2.44. The third-order valence-corrected chi connectivity index (χ3v) is 12.1. The highest BCUT2D eigenvalue weighted by Gasteiger charge is 2.50. The topological polar surface area (TPSA) is 102 Å². The van der Waals surface area contributed by atoms with Gasteiger partial charge in [-0.2, -0.15) is 0 Å². The number of hydrogen-bond donors (Lipinski definition) is 0. The summed E-state index contributed by atoms with van der Waals surface area (Å²) in [5, 5.41) is -1.26. The molecule has 0 saturated heterocycles. The Kier molecular flexibility index (Phi) is 4.69. The van der Waals surface area contributed by atoms with E-state index in [0.717, 1.165) is 46.2 Å². The van der Waals surface area contributed by atoms with Gasteiger partial charge in [-0.3, -0.25) is 28.8 Å². The molecule has 2 aromatic rings. The molecule has 10 heteroatoms. The molecule has 174 valence electrons. The van der Waals surface area contributed by atoms with Gasteiger partial charge in [0.05, 0.1) is 39.1 Å². The summed E-state index contributed by atoms with van der Waals surface area (Å²) in [7, 11) is 0. The second-order valence-electron chi connectivity index (χ2n) is 8.39. The van der Waals surface area contributed by atoms with Gasteiger partial charge in [0.2, 0.25) is 22.4 Å². The summed E-state index contributed by atoms with van der Waals surface area (Å²) in [6.45, 7) is 0. The van der Waals surface area contributed by atoms with Crippen LogP contribution in [0.4, 0.5) is 0 Å². The summed E-state index contributed by atoms with van der Waals surface area (Å²) >= 11 is 3.65. The van der Waals surface area contributed by atoms with Gasteiger partial charge in [0.1, 0.15) is 0 Å². The van der Waals surface area contributed by atoms with E-state index in [1.165, 1.54) is 0 Å². The molecule has 2 unspecified atom stereocenters.